The number of benzene rings is 1. The fraction of sp³-hybridized carbons (Fsp3) is 0.0833. The number of anilines is 2. The zero-order valence-electron chi connectivity index (χ0n) is 12.2. The van der Waals surface area contributed by atoms with Crippen molar-refractivity contribution in [2.75, 3.05) is 10.0 Å². The van der Waals surface area contributed by atoms with E-state index in [-0.39, 0.29) is 17.2 Å². The van der Waals surface area contributed by atoms with Gasteiger partial charge in [-0.05, 0) is 24.6 Å². The molecular weight excluding hydrogens is 302 g/mol. The van der Waals surface area contributed by atoms with E-state index in [0.717, 1.165) is 0 Å². The Morgan fingerprint density at radius 3 is 2.09 bits per heavy atom. The normalized spacial score (nSPS) is 10.2. The zero-order valence-corrected chi connectivity index (χ0v) is 12.2. The van der Waals surface area contributed by atoms with E-state index in [1.54, 1.807) is 13.0 Å². The first-order valence-electron chi connectivity index (χ1n) is 6.28. The number of hydrazine groups is 2. The fourth-order valence-electron chi connectivity index (χ4n) is 1.98. The Balaban J connectivity index is 2.71. The van der Waals surface area contributed by atoms with E-state index < -0.39 is 12.1 Å². The molecule has 4 amide bonds. The van der Waals surface area contributed by atoms with Crippen LogP contribution in [0.25, 0.3) is 11.4 Å². The Kier molecular flexibility index (Phi) is 4.34. The molecule has 8 N–H and O–H groups in total. The van der Waals surface area contributed by atoms with Gasteiger partial charge in [0.15, 0.2) is 5.82 Å². The van der Waals surface area contributed by atoms with Crippen LogP contribution in [0, 0.1) is 6.92 Å². The smallest absolute Gasteiger partial charge is 0.333 e. The van der Waals surface area contributed by atoms with Crippen molar-refractivity contribution in [1.82, 2.24) is 15.0 Å². The van der Waals surface area contributed by atoms with E-state index in [4.69, 9.17) is 23.2 Å². The number of hydrogen-bond donors (Lipinski definition) is 4. The van der Waals surface area contributed by atoms with Gasteiger partial charge in [0, 0.05) is 5.56 Å². The summed E-state index contributed by atoms with van der Waals surface area (Å²) in [6, 6.07) is 1.15. The second-order valence-corrected chi connectivity index (χ2v) is 4.54. The number of hydrogen-bond acceptors (Lipinski definition) is 7. The van der Waals surface area contributed by atoms with Crippen molar-refractivity contribution >= 4 is 23.4 Å². The molecule has 0 saturated carbocycles. The number of nitrogens with zero attached hydrogens (tertiary/aromatic N) is 5. The van der Waals surface area contributed by atoms with Gasteiger partial charge < -0.3 is 11.5 Å². The number of carbonyl (C=O) groups excluding carboxylic acids is 2. The molecule has 0 aliphatic carbocycles. The van der Waals surface area contributed by atoms with Crippen LogP contribution in [0.4, 0.5) is 21.0 Å². The summed E-state index contributed by atoms with van der Waals surface area (Å²) in [5.74, 6) is 11.6. The quantitative estimate of drug-likeness (QED) is 0.329. The van der Waals surface area contributed by atoms with Crippen molar-refractivity contribution in [2.45, 2.75) is 6.92 Å². The summed E-state index contributed by atoms with van der Waals surface area (Å²) < 4.78 is 0. The van der Waals surface area contributed by atoms with Gasteiger partial charge in [0.05, 0.1) is 11.4 Å². The summed E-state index contributed by atoms with van der Waals surface area (Å²) in [6.07, 6.45) is 2.59. The highest BCUT2D eigenvalue weighted by Crippen LogP contribution is 2.34. The van der Waals surface area contributed by atoms with E-state index in [2.05, 4.69) is 15.0 Å². The molecule has 0 spiro atoms. The predicted molar refractivity (Wildman–Crippen MR) is 82.5 cm³/mol. The molecule has 1 aromatic carbocycles. The van der Waals surface area contributed by atoms with E-state index in [0.29, 0.717) is 21.1 Å². The standard InChI is InChI=1S/C12H15N9O2/c1-6-2-7(20(15)11(13)22)3-8(21(16)12(14)23)9(6)10-18-4-17-5-19-10/h2-5H,15-16H2,1H3,(H2,13,22)(H2,14,23). The first-order chi connectivity index (χ1) is 10.8. The fourth-order valence-corrected chi connectivity index (χ4v) is 1.98. The van der Waals surface area contributed by atoms with Crippen molar-refractivity contribution < 1.29 is 9.59 Å². The molecule has 2 rings (SSSR count). The Labute approximate surface area is 130 Å². The summed E-state index contributed by atoms with van der Waals surface area (Å²) in [7, 11) is 0. The average molecular weight is 317 g/mol. The molecule has 11 heteroatoms. The Morgan fingerprint density at radius 1 is 1.00 bits per heavy atom. The first kappa shape index (κ1) is 16.1. The molecule has 0 atom stereocenters. The van der Waals surface area contributed by atoms with Crippen LogP contribution in [-0.4, -0.2) is 27.0 Å². The van der Waals surface area contributed by atoms with Crippen molar-refractivity contribution in [3.63, 3.8) is 0 Å². The monoisotopic (exact) mass is 317 g/mol. The number of aromatic nitrogens is 3. The minimum Gasteiger partial charge on any atom is -0.350 e. The van der Waals surface area contributed by atoms with Gasteiger partial charge in [0.1, 0.15) is 12.7 Å². The first-order valence-corrected chi connectivity index (χ1v) is 6.28. The van der Waals surface area contributed by atoms with E-state index >= 15 is 0 Å². The summed E-state index contributed by atoms with van der Waals surface area (Å²) in [4.78, 5) is 34.5. The van der Waals surface area contributed by atoms with Crippen molar-refractivity contribution in [3.05, 3.63) is 30.4 Å². The molecule has 23 heavy (non-hydrogen) atoms. The van der Waals surface area contributed by atoms with Crippen LogP contribution in [0.1, 0.15) is 5.56 Å². The second-order valence-electron chi connectivity index (χ2n) is 4.54. The lowest BCUT2D eigenvalue weighted by Crippen LogP contribution is -2.43. The van der Waals surface area contributed by atoms with Crippen molar-refractivity contribution in [2.24, 2.45) is 23.2 Å². The summed E-state index contributed by atoms with van der Waals surface area (Å²) in [5.41, 5.74) is 11.8. The molecular formula is C12H15N9O2. The second kappa shape index (κ2) is 6.21. The molecule has 2 aromatic rings. The lowest BCUT2D eigenvalue weighted by atomic mass is 10.0. The highest BCUT2D eigenvalue weighted by Gasteiger charge is 2.21. The van der Waals surface area contributed by atoms with Crippen LogP contribution >= 0.6 is 0 Å². The molecule has 0 fully saturated rings. The molecule has 0 aliphatic rings. The summed E-state index contributed by atoms with van der Waals surface area (Å²) >= 11 is 0. The number of primary amides is 2. The van der Waals surface area contributed by atoms with Gasteiger partial charge in [-0.25, -0.2) is 46.2 Å². The summed E-state index contributed by atoms with van der Waals surface area (Å²) in [5, 5.41) is 1.41. The number of urea groups is 2. The predicted octanol–water partition coefficient (Wildman–Crippen LogP) is -0.635. The highest BCUT2D eigenvalue weighted by molar-refractivity contribution is 5.98. The lowest BCUT2D eigenvalue weighted by molar-refractivity contribution is 0.253. The third-order valence-corrected chi connectivity index (χ3v) is 3.03. The molecule has 0 saturated heterocycles. The van der Waals surface area contributed by atoms with Gasteiger partial charge in [-0.2, -0.15) is 0 Å². The molecule has 0 unspecified atom stereocenters. The van der Waals surface area contributed by atoms with Gasteiger partial charge in [-0.15, -0.1) is 0 Å². The van der Waals surface area contributed by atoms with Gasteiger partial charge in [-0.3, -0.25) is 0 Å². The highest BCUT2D eigenvalue weighted by atomic mass is 16.2. The van der Waals surface area contributed by atoms with E-state index in [1.807, 2.05) is 0 Å². The Bertz CT molecular complexity index is 750. The van der Waals surface area contributed by atoms with Crippen LogP contribution in [0.3, 0.4) is 0 Å². The zero-order chi connectivity index (χ0) is 17.1. The minimum absolute atomic E-state index is 0.162. The SMILES string of the molecule is Cc1cc(N(N)C(N)=O)cc(N(N)C(N)=O)c1-c1ncncn1. The van der Waals surface area contributed by atoms with Gasteiger partial charge in [0.25, 0.3) is 0 Å². The third-order valence-electron chi connectivity index (χ3n) is 3.03. The van der Waals surface area contributed by atoms with Crippen molar-refractivity contribution in [3.8, 4) is 11.4 Å². The molecule has 0 radical (unpaired) electrons. The number of aryl methyl sites for hydroxylation is 1. The van der Waals surface area contributed by atoms with Gasteiger partial charge >= 0.3 is 12.1 Å². The molecule has 1 aromatic heterocycles. The number of nitrogens with two attached hydrogens (primary N) is 4. The van der Waals surface area contributed by atoms with Crippen LogP contribution < -0.4 is 33.2 Å². The number of amides is 4. The van der Waals surface area contributed by atoms with E-state index in [1.165, 1.54) is 18.7 Å². The Hall–Kier alpha value is -3.31. The van der Waals surface area contributed by atoms with Crippen molar-refractivity contribution in [1.29, 1.82) is 0 Å². The minimum atomic E-state index is -0.917. The van der Waals surface area contributed by atoms with Crippen LogP contribution in [0.2, 0.25) is 0 Å². The number of carbonyl (C=O) groups is 2. The molecule has 11 nitrogen and oxygen atoms in total. The van der Waals surface area contributed by atoms with Gasteiger partial charge in [0.2, 0.25) is 0 Å². The third kappa shape index (κ3) is 3.14. The number of rotatable bonds is 3. The van der Waals surface area contributed by atoms with Crippen LogP contribution in [-0.2, 0) is 0 Å². The lowest BCUT2D eigenvalue weighted by Gasteiger charge is -2.22. The van der Waals surface area contributed by atoms with Crippen LogP contribution in [0.5, 0.6) is 0 Å². The maximum Gasteiger partial charge on any atom is 0.333 e. The molecule has 1 heterocycles. The van der Waals surface area contributed by atoms with E-state index in [9.17, 15) is 9.59 Å². The largest absolute Gasteiger partial charge is 0.350 e. The molecule has 0 bridgehead atoms. The maximum atomic E-state index is 11.4. The van der Waals surface area contributed by atoms with Gasteiger partial charge in [-0.1, -0.05) is 0 Å². The average Bonchev–Trinajstić information content (AvgIpc) is 2.53. The topological polar surface area (TPSA) is 183 Å². The van der Waals surface area contributed by atoms with Crippen LogP contribution in [0.15, 0.2) is 24.8 Å². The molecule has 120 valence electrons. The Morgan fingerprint density at radius 2 is 1.57 bits per heavy atom. The maximum absolute atomic E-state index is 11.4. The molecule has 0 aliphatic heterocycles. The summed E-state index contributed by atoms with van der Waals surface area (Å²) in [6.45, 7) is 1.70.